The third kappa shape index (κ3) is 2.83. The number of nitrogens with zero attached hydrogens (tertiary/aromatic N) is 1. The Labute approximate surface area is 127 Å². The molecule has 2 rings (SSSR count). The predicted molar refractivity (Wildman–Crippen MR) is 82.8 cm³/mol. The van der Waals surface area contributed by atoms with Gasteiger partial charge < -0.3 is 5.73 Å². The molecule has 2 amide bonds. The number of carbonyl (C=O) groups is 2. The molecule has 6 heteroatoms. The fraction of sp³-hybridized carbons (Fsp3) is 0.357. The van der Waals surface area contributed by atoms with E-state index in [0.717, 1.165) is 4.90 Å². The number of thiocarbonyl (C=S) groups is 1. The second-order valence-electron chi connectivity index (χ2n) is 5.67. The third-order valence-electron chi connectivity index (χ3n) is 3.23. The molecule has 1 aliphatic heterocycles. The fourth-order valence-corrected chi connectivity index (χ4v) is 2.61. The SMILES string of the molecule is CC1(C)CC(=O)N(c2cc(C(N)=S)ccc2Cl)C(=O)C1. The second-order valence-corrected chi connectivity index (χ2v) is 6.52. The number of rotatable bonds is 2. The summed E-state index contributed by atoms with van der Waals surface area (Å²) in [6, 6.07) is 4.83. The first-order valence-corrected chi connectivity index (χ1v) is 6.95. The topological polar surface area (TPSA) is 63.4 Å². The monoisotopic (exact) mass is 310 g/mol. The molecule has 0 spiro atoms. The number of hydrogen-bond acceptors (Lipinski definition) is 3. The summed E-state index contributed by atoms with van der Waals surface area (Å²) in [5, 5.41) is 0.325. The molecule has 2 N–H and O–H groups in total. The Hall–Kier alpha value is -1.46. The zero-order chi connectivity index (χ0) is 15.1. The van der Waals surface area contributed by atoms with Gasteiger partial charge in [-0.3, -0.25) is 9.59 Å². The van der Waals surface area contributed by atoms with Crippen molar-refractivity contribution in [1.82, 2.24) is 0 Å². The molecule has 20 heavy (non-hydrogen) atoms. The Morgan fingerprint density at radius 1 is 1.30 bits per heavy atom. The predicted octanol–water partition coefficient (Wildman–Crippen LogP) is 2.65. The van der Waals surface area contributed by atoms with Gasteiger partial charge in [0.15, 0.2) is 0 Å². The van der Waals surface area contributed by atoms with Crippen molar-refractivity contribution in [3.8, 4) is 0 Å². The van der Waals surface area contributed by atoms with Gasteiger partial charge in [-0.25, -0.2) is 4.90 Å². The van der Waals surface area contributed by atoms with E-state index in [0.29, 0.717) is 29.1 Å². The van der Waals surface area contributed by atoms with Crippen LogP contribution in [0.25, 0.3) is 0 Å². The highest BCUT2D eigenvalue weighted by Gasteiger charge is 2.38. The molecule has 1 aromatic carbocycles. The van der Waals surface area contributed by atoms with Crippen LogP contribution in [0.1, 0.15) is 32.3 Å². The molecule has 4 nitrogen and oxygen atoms in total. The lowest BCUT2D eigenvalue weighted by Crippen LogP contribution is -2.46. The van der Waals surface area contributed by atoms with Gasteiger partial charge in [0, 0.05) is 18.4 Å². The molecule has 1 saturated heterocycles. The molecule has 0 aromatic heterocycles. The Balaban J connectivity index is 2.46. The Morgan fingerprint density at radius 3 is 2.35 bits per heavy atom. The van der Waals surface area contributed by atoms with Gasteiger partial charge in [0.1, 0.15) is 4.99 Å². The van der Waals surface area contributed by atoms with Crippen molar-refractivity contribution in [3.63, 3.8) is 0 Å². The minimum Gasteiger partial charge on any atom is -0.389 e. The van der Waals surface area contributed by atoms with E-state index >= 15 is 0 Å². The Morgan fingerprint density at radius 2 is 1.85 bits per heavy atom. The minimum absolute atomic E-state index is 0.195. The smallest absolute Gasteiger partial charge is 0.234 e. The van der Waals surface area contributed by atoms with Gasteiger partial charge in [0.25, 0.3) is 0 Å². The molecular weight excluding hydrogens is 296 g/mol. The van der Waals surface area contributed by atoms with Crippen LogP contribution in [0.2, 0.25) is 5.02 Å². The normalized spacial score (nSPS) is 18.2. The number of benzene rings is 1. The standard InChI is InChI=1S/C14H15ClN2O2S/c1-14(2)6-11(18)17(12(19)7-14)10-5-8(13(16)20)3-4-9(10)15/h3-5H,6-7H2,1-2H3,(H2,16,20). The third-order valence-corrected chi connectivity index (χ3v) is 3.79. The zero-order valence-electron chi connectivity index (χ0n) is 11.3. The number of amides is 2. The molecule has 0 atom stereocenters. The van der Waals surface area contributed by atoms with Crippen molar-refractivity contribution in [3.05, 3.63) is 28.8 Å². The summed E-state index contributed by atoms with van der Waals surface area (Å²) in [6.45, 7) is 3.79. The molecule has 1 heterocycles. The zero-order valence-corrected chi connectivity index (χ0v) is 12.8. The number of nitrogens with two attached hydrogens (primary N) is 1. The van der Waals surface area contributed by atoms with E-state index in [9.17, 15) is 9.59 Å². The molecule has 106 valence electrons. The van der Waals surface area contributed by atoms with Crippen LogP contribution in [-0.4, -0.2) is 16.8 Å². The molecule has 0 aliphatic carbocycles. The lowest BCUT2D eigenvalue weighted by Gasteiger charge is -2.35. The van der Waals surface area contributed by atoms with Gasteiger partial charge in [0.2, 0.25) is 11.8 Å². The highest BCUT2D eigenvalue weighted by molar-refractivity contribution is 7.80. The summed E-state index contributed by atoms with van der Waals surface area (Å²) in [4.78, 5) is 25.8. The van der Waals surface area contributed by atoms with E-state index in [1.54, 1.807) is 18.2 Å². The number of anilines is 1. The maximum atomic E-state index is 12.2. The van der Waals surface area contributed by atoms with Crippen LogP contribution in [0.15, 0.2) is 18.2 Å². The van der Waals surface area contributed by atoms with Crippen LogP contribution < -0.4 is 10.6 Å². The lowest BCUT2D eigenvalue weighted by molar-refractivity contribution is -0.132. The van der Waals surface area contributed by atoms with E-state index < -0.39 is 0 Å². The molecule has 1 fully saturated rings. The Kier molecular flexibility index (Phi) is 3.84. The fourth-order valence-electron chi connectivity index (χ4n) is 2.28. The molecule has 1 aromatic rings. The van der Waals surface area contributed by atoms with Crippen LogP contribution in [0.5, 0.6) is 0 Å². The first-order chi connectivity index (χ1) is 9.21. The highest BCUT2D eigenvalue weighted by atomic mass is 35.5. The van der Waals surface area contributed by atoms with Crippen LogP contribution >= 0.6 is 23.8 Å². The minimum atomic E-state index is -0.322. The Bertz CT molecular complexity index is 593. The number of piperidine rings is 1. The van der Waals surface area contributed by atoms with Crippen molar-refractivity contribution >= 4 is 46.3 Å². The van der Waals surface area contributed by atoms with Crippen molar-refractivity contribution in [1.29, 1.82) is 0 Å². The first kappa shape index (κ1) is 14.9. The van der Waals surface area contributed by atoms with E-state index in [-0.39, 0.29) is 22.2 Å². The molecular formula is C14H15ClN2O2S. The maximum Gasteiger partial charge on any atom is 0.234 e. The summed E-state index contributed by atoms with van der Waals surface area (Å²) >= 11 is 11.0. The molecule has 0 saturated carbocycles. The van der Waals surface area contributed by atoms with Gasteiger partial charge in [-0.05, 0) is 17.5 Å². The summed E-state index contributed by atoms with van der Waals surface area (Å²) in [7, 11) is 0. The second kappa shape index (κ2) is 5.14. The van der Waals surface area contributed by atoms with Gasteiger partial charge in [-0.15, -0.1) is 0 Å². The van der Waals surface area contributed by atoms with Gasteiger partial charge in [-0.1, -0.05) is 43.7 Å². The van der Waals surface area contributed by atoms with Crippen molar-refractivity contribution in [2.24, 2.45) is 11.1 Å². The van der Waals surface area contributed by atoms with Crippen molar-refractivity contribution in [2.75, 3.05) is 4.90 Å². The highest BCUT2D eigenvalue weighted by Crippen LogP contribution is 2.36. The average molecular weight is 311 g/mol. The molecule has 0 radical (unpaired) electrons. The lowest BCUT2D eigenvalue weighted by atomic mass is 9.81. The first-order valence-electron chi connectivity index (χ1n) is 6.16. The van der Waals surface area contributed by atoms with Crippen molar-refractivity contribution in [2.45, 2.75) is 26.7 Å². The van der Waals surface area contributed by atoms with Crippen LogP contribution in [0.4, 0.5) is 5.69 Å². The van der Waals surface area contributed by atoms with Crippen molar-refractivity contribution < 1.29 is 9.59 Å². The van der Waals surface area contributed by atoms with Gasteiger partial charge in [0.05, 0.1) is 10.7 Å². The summed E-state index contributed by atoms with van der Waals surface area (Å²) < 4.78 is 0. The maximum absolute atomic E-state index is 12.2. The quantitative estimate of drug-likeness (QED) is 0.674. The number of halogens is 1. The van der Waals surface area contributed by atoms with Crippen LogP contribution in [-0.2, 0) is 9.59 Å². The van der Waals surface area contributed by atoms with E-state index in [1.807, 2.05) is 13.8 Å². The number of carbonyl (C=O) groups excluding carboxylic acids is 2. The average Bonchev–Trinajstić information content (AvgIpc) is 2.28. The largest absolute Gasteiger partial charge is 0.389 e. The van der Waals surface area contributed by atoms with Crippen LogP contribution in [0, 0.1) is 5.41 Å². The molecule has 0 unspecified atom stereocenters. The number of hydrogen-bond donors (Lipinski definition) is 1. The molecule has 0 bridgehead atoms. The summed E-state index contributed by atoms with van der Waals surface area (Å²) in [5.41, 5.74) is 6.18. The van der Waals surface area contributed by atoms with Crippen LogP contribution in [0.3, 0.4) is 0 Å². The van der Waals surface area contributed by atoms with Gasteiger partial charge in [-0.2, -0.15) is 0 Å². The van der Waals surface area contributed by atoms with E-state index in [1.165, 1.54) is 0 Å². The molecule has 1 aliphatic rings. The summed E-state index contributed by atoms with van der Waals surface area (Å²) in [5.74, 6) is -0.513. The summed E-state index contributed by atoms with van der Waals surface area (Å²) in [6.07, 6.45) is 0.596. The van der Waals surface area contributed by atoms with E-state index in [4.69, 9.17) is 29.6 Å². The van der Waals surface area contributed by atoms with E-state index in [2.05, 4.69) is 0 Å². The van der Waals surface area contributed by atoms with Gasteiger partial charge >= 0.3 is 0 Å². The number of imide groups is 1.